The predicted molar refractivity (Wildman–Crippen MR) is 128 cm³/mol. The SMILES string of the molecule is COc1cccc(-n2cccc2[C@@H]2[C@@H](c3ccccn3)NC(=S)N2Cc2cccnc2)c1. The largest absolute Gasteiger partial charge is 0.497 e. The van der Waals surface area contributed by atoms with Gasteiger partial charge >= 0.3 is 0 Å². The van der Waals surface area contributed by atoms with Crippen LogP contribution < -0.4 is 10.1 Å². The zero-order valence-corrected chi connectivity index (χ0v) is 18.4. The molecule has 4 aromatic rings. The van der Waals surface area contributed by atoms with E-state index in [4.69, 9.17) is 17.0 Å². The number of nitrogens with one attached hydrogen (secondary N) is 1. The first-order chi connectivity index (χ1) is 15.7. The summed E-state index contributed by atoms with van der Waals surface area (Å²) < 4.78 is 7.64. The van der Waals surface area contributed by atoms with Gasteiger partial charge in [0.25, 0.3) is 0 Å². The highest BCUT2D eigenvalue weighted by Crippen LogP contribution is 2.40. The van der Waals surface area contributed by atoms with Crippen molar-refractivity contribution in [1.29, 1.82) is 0 Å². The quantitative estimate of drug-likeness (QED) is 0.446. The summed E-state index contributed by atoms with van der Waals surface area (Å²) in [5.41, 5.74) is 4.20. The topological polar surface area (TPSA) is 55.2 Å². The van der Waals surface area contributed by atoms with Crippen molar-refractivity contribution in [2.45, 2.75) is 18.6 Å². The number of rotatable bonds is 6. The lowest BCUT2D eigenvalue weighted by Crippen LogP contribution is -2.30. The molecule has 1 N–H and O–H groups in total. The Kier molecular flexibility index (Phi) is 5.56. The van der Waals surface area contributed by atoms with Crippen LogP contribution in [0.3, 0.4) is 0 Å². The first-order valence-electron chi connectivity index (χ1n) is 10.4. The molecule has 6 nitrogen and oxygen atoms in total. The molecule has 32 heavy (non-hydrogen) atoms. The highest BCUT2D eigenvalue weighted by molar-refractivity contribution is 7.80. The van der Waals surface area contributed by atoms with Crippen molar-refractivity contribution in [3.63, 3.8) is 0 Å². The van der Waals surface area contributed by atoms with Crippen LogP contribution in [0, 0.1) is 0 Å². The molecule has 1 aliphatic rings. The maximum Gasteiger partial charge on any atom is 0.170 e. The van der Waals surface area contributed by atoms with Gasteiger partial charge in [0, 0.05) is 48.8 Å². The van der Waals surface area contributed by atoms with Crippen molar-refractivity contribution in [2.75, 3.05) is 7.11 Å². The van der Waals surface area contributed by atoms with Gasteiger partial charge in [-0.05, 0) is 60.2 Å². The third-order valence-corrected chi connectivity index (χ3v) is 6.04. The minimum atomic E-state index is -0.0837. The van der Waals surface area contributed by atoms with E-state index in [0.717, 1.165) is 28.4 Å². The van der Waals surface area contributed by atoms with Gasteiger partial charge in [0.05, 0.1) is 24.9 Å². The van der Waals surface area contributed by atoms with Crippen molar-refractivity contribution < 1.29 is 4.74 Å². The first-order valence-corrected chi connectivity index (χ1v) is 10.8. The van der Waals surface area contributed by atoms with Gasteiger partial charge in [0.1, 0.15) is 5.75 Å². The average molecular weight is 442 g/mol. The van der Waals surface area contributed by atoms with Gasteiger partial charge in [-0.2, -0.15) is 0 Å². The second-order valence-corrected chi connectivity index (χ2v) is 8.01. The number of thiocarbonyl (C=S) groups is 1. The molecule has 0 bridgehead atoms. The minimum Gasteiger partial charge on any atom is -0.497 e. The standard InChI is InChI=1S/C25H23N5OS/c1-31-20-9-4-8-19(15-20)29-14-6-11-22(29)24-23(21-10-2-3-13-27-21)28-25(32)30(24)17-18-7-5-12-26-16-18/h2-16,23-24H,17H2,1H3,(H,28,32)/t23-,24-/m1/s1. The van der Waals surface area contributed by atoms with Crippen molar-refractivity contribution in [1.82, 2.24) is 24.8 Å². The molecule has 1 fully saturated rings. The van der Waals surface area contributed by atoms with Crippen LogP contribution in [-0.2, 0) is 6.54 Å². The van der Waals surface area contributed by atoms with Gasteiger partial charge in [0.15, 0.2) is 5.11 Å². The van der Waals surface area contributed by atoms with E-state index in [1.165, 1.54) is 0 Å². The van der Waals surface area contributed by atoms with E-state index >= 15 is 0 Å². The molecule has 0 spiro atoms. The highest BCUT2D eigenvalue weighted by atomic mass is 32.1. The molecule has 2 atom stereocenters. The van der Waals surface area contributed by atoms with Crippen LogP contribution in [0.5, 0.6) is 5.75 Å². The molecule has 7 heteroatoms. The Morgan fingerprint density at radius 3 is 2.75 bits per heavy atom. The molecular formula is C25H23N5OS. The number of aromatic nitrogens is 3. The van der Waals surface area contributed by atoms with E-state index in [1.807, 2.05) is 54.9 Å². The lowest BCUT2D eigenvalue weighted by Gasteiger charge is -2.29. The van der Waals surface area contributed by atoms with Gasteiger partial charge < -0.3 is 19.5 Å². The number of benzene rings is 1. The Morgan fingerprint density at radius 2 is 1.97 bits per heavy atom. The maximum absolute atomic E-state index is 5.80. The van der Waals surface area contributed by atoms with Gasteiger partial charge in [-0.25, -0.2) is 0 Å². The van der Waals surface area contributed by atoms with Crippen LogP contribution in [-0.4, -0.2) is 31.7 Å². The van der Waals surface area contributed by atoms with Gasteiger partial charge in [-0.15, -0.1) is 0 Å². The number of ether oxygens (including phenoxy) is 1. The number of hydrogen-bond donors (Lipinski definition) is 1. The molecule has 160 valence electrons. The summed E-state index contributed by atoms with van der Waals surface area (Å²) in [6.07, 6.45) is 7.56. The molecule has 0 unspecified atom stereocenters. The Morgan fingerprint density at radius 1 is 1.03 bits per heavy atom. The van der Waals surface area contributed by atoms with Crippen molar-refractivity contribution >= 4 is 17.3 Å². The Hall–Kier alpha value is -3.71. The Labute approximate surface area is 192 Å². The zero-order chi connectivity index (χ0) is 21.9. The summed E-state index contributed by atoms with van der Waals surface area (Å²) in [6.45, 7) is 0.650. The average Bonchev–Trinajstić information content (AvgIpc) is 3.45. The van der Waals surface area contributed by atoms with E-state index in [9.17, 15) is 0 Å². The second kappa shape index (κ2) is 8.80. The van der Waals surface area contributed by atoms with E-state index in [2.05, 4.69) is 55.2 Å². The van der Waals surface area contributed by atoms with E-state index < -0.39 is 0 Å². The van der Waals surface area contributed by atoms with E-state index in [0.29, 0.717) is 11.7 Å². The van der Waals surface area contributed by atoms with Crippen LogP contribution >= 0.6 is 12.2 Å². The molecule has 4 heterocycles. The summed E-state index contributed by atoms with van der Waals surface area (Å²) in [7, 11) is 1.68. The molecule has 1 saturated heterocycles. The number of hydrogen-bond acceptors (Lipinski definition) is 4. The molecular weight excluding hydrogens is 418 g/mol. The molecule has 5 rings (SSSR count). The highest BCUT2D eigenvalue weighted by Gasteiger charge is 2.41. The summed E-state index contributed by atoms with van der Waals surface area (Å²) in [5.74, 6) is 0.815. The lowest BCUT2D eigenvalue weighted by atomic mass is 10.0. The van der Waals surface area contributed by atoms with E-state index in [-0.39, 0.29) is 12.1 Å². The Balaban J connectivity index is 1.60. The van der Waals surface area contributed by atoms with E-state index in [1.54, 1.807) is 13.3 Å². The number of methoxy groups -OCH3 is 1. The molecule has 1 aliphatic heterocycles. The van der Waals surface area contributed by atoms with Crippen molar-refractivity contribution in [3.8, 4) is 11.4 Å². The molecule has 3 aromatic heterocycles. The second-order valence-electron chi connectivity index (χ2n) is 7.62. The lowest BCUT2D eigenvalue weighted by molar-refractivity contribution is 0.302. The fourth-order valence-electron chi connectivity index (χ4n) is 4.22. The van der Waals surface area contributed by atoms with Crippen LogP contribution in [0.2, 0.25) is 0 Å². The summed E-state index contributed by atoms with van der Waals surface area (Å²) in [4.78, 5) is 11.1. The fourth-order valence-corrected chi connectivity index (χ4v) is 4.52. The smallest absolute Gasteiger partial charge is 0.170 e. The summed E-state index contributed by atoms with van der Waals surface area (Å²) >= 11 is 5.80. The van der Waals surface area contributed by atoms with Crippen molar-refractivity contribution in [3.05, 3.63) is 108 Å². The summed E-state index contributed by atoms with van der Waals surface area (Å²) in [6, 6.07) is 22.1. The van der Waals surface area contributed by atoms with Gasteiger partial charge in [-0.3, -0.25) is 9.97 Å². The first kappa shape index (κ1) is 20.2. The Bertz CT molecular complexity index is 1210. The normalized spacial score (nSPS) is 17.9. The van der Waals surface area contributed by atoms with Crippen molar-refractivity contribution in [2.24, 2.45) is 0 Å². The zero-order valence-electron chi connectivity index (χ0n) is 17.6. The molecule has 0 saturated carbocycles. The summed E-state index contributed by atoms with van der Waals surface area (Å²) in [5, 5.41) is 4.22. The maximum atomic E-state index is 5.80. The third-order valence-electron chi connectivity index (χ3n) is 5.69. The van der Waals surface area contributed by atoms with Gasteiger partial charge in [0.2, 0.25) is 0 Å². The number of nitrogens with zero attached hydrogens (tertiary/aromatic N) is 4. The molecule has 1 aromatic carbocycles. The van der Waals surface area contributed by atoms with Crippen LogP contribution in [0.4, 0.5) is 0 Å². The minimum absolute atomic E-state index is 0.0567. The predicted octanol–water partition coefficient (Wildman–Crippen LogP) is 4.45. The van der Waals surface area contributed by atoms with Crippen LogP contribution in [0.1, 0.15) is 29.0 Å². The number of pyridine rings is 2. The monoisotopic (exact) mass is 441 g/mol. The van der Waals surface area contributed by atoms with Crippen LogP contribution in [0.25, 0.3) is 5.69 Å². The van der Waals surface area contributed by atoms with Crippen LogP contribution in [0.15, 0.2) is 91.5 Å². The fraction of sp³-hybridized carbons (Fsp3) is 0.160. The van der Waals surface area contributed by atoms with Gasteiger partial charge in [-0.1, -0.05) is 18.2 Å². The molecule has 0 radical (unpaired) electrons. The molecule has 0 amide bonds. The third kappa shape index (κ3) is 3.83. The molecule has 0 aliphatic carbocycles.